The molecule has 132 valence electrons. The summed E-state index contributed by atoms with van der Waals surface area (Å²) in [6, 6.07) is 11.4. The third-order valence-corrected chi connectivity index (χ3v) is 3.95. The summed E-state index contributed by atoms with van der Waals surface area (Å²) in [6.45, 7) is 1.62. The van der Waals surface area contributed by atoms with Crippen LogP contribution in [0.1, 0.15) is 16.1 Å². The van der Waals surface area contributed by atoms with Crippen LogP contribution in [-0.4, -0.2) is 33.1 Å². The first-order valence-electron chi connectivity index (χ1n) is 7.64. The van der Waals surface area contributed by atoms with Gasteiger partial charge in [0.2, 0.25) is 0 Å². The molecule has 0 aliphatic carbocycles. The van der Waals surface area contributed by atoms with E-state index >= 15 is 0 Å². The number of aromatic carboxylic acids is 1. The fourth-order valence-corrected chi connectivity index (χ4v) is 2.63. The van der Waals surface area contributed by atoms with E-state index in [-0.39, 0.29) is 17.1 Å². The Balaban J connectivity index is 2.08. The Kier molecular flexibility index (Phi) is 4.40. The largest absolute Gasteiger partial charge is 0.497 e. The van der Waals surface area contributed by atoms with E-state index in [1.807, 2.05) is 0 Å². The number of H-pyrrole nitrogens is 1. The average Bonchev–Trinajstić information content (AvgIpc) is 3.07. The Morgan fingerprint density at radius 2 is 1.85 bits per heavy atom. The Labute approximate surface area is 148 Å². The van der Waals surface area contributed by atoms with Crippen molar-refractivity contribution >= 4 is 11.7 Å². The number of hydrogen-bond donors (Lipinski definition) is 2. The average molecular weight is 353 g/mol. The van der Waals surface area contributed by atoms with E-state index in [1.54, 1.807) is 44.4 Å². The summed E-state index contributed by atoms with van der Waals surface area (Å²) in [7, 11) is 1.54. The minimum Gasteiger partial charge on any atom is -0.497 e. The van der Waals surface area contributed by atoms with Gasteiger partial charge < -0.3 is 14.8 Å². The molecule has 3 aromatic rings. The standard InChI is InChI=1S/C18H15N3O5/c1-10-9-12(5-8-14(10)21(24)25)17-19-15(16(20-17)18(22)23)11-3-6-13(26-2)7-4-11/h3-9H,1-2H3,(H,19,20)(H,22,23). The van der Waals surface area contributed by atoms with E-state index < -0.39 is 10.9 Å². The van der Waals surface area contributed by atoms with Crippen molar-refractivity contribution in [3.8, 4) is 28.4 Å². The van der Waals surface area contributed by atoms with Crippen LogP contribution in [0.25, 0.3) is 22.6 Å². The molecule has 2 aromatic carbocycles. The predicted molar refractivity (Wildman–Crippen MR) is 94.4 cm³/mol. The zero-order valence-corrected chi connectivity index (χ0v) is 14.0. The van der Waals surface area contributed by atoms with Crippen LogP contribution >= 0.6 is 0 Å². The highest BCUT2D eigenvalue weighted by atomic mass is 16.6. The molecular weight excluding hydrogens is 338 g/mol. The number of ether oxygens (including phenoxy) is 1. The molecule has 0 fully saturated rings. The second-order valence-electron chi connectivity index (χ2n) is 5.60. The lowest BCUT2D eigenvalue weighted by Crippen LogP contribution is -1.99. The van der Waals surface area contributed by atoms with E-state index in [0.29, 0.717) is 28.3 Å². The highest BCUT2D eigenvalue weighted by molar-refractivity contribution is 5.94. The van der Waals surface area contributed by atoms with Crippen molar-refractivity contribution < 1.29 is 19.6 Å². The number of nitro benzene ring substituents is 1. The van der Waals surface area contributed by atoms with Gasteiger partial charge in [0.1, 0.15) is 17.3 Å². The number of rotatable bonds is 5. The van der Waals surface area contributed by atoms with Crippen LogP contribution in [-0.2, 0) is 0 Å². The number of aryl methyl sites for hydroxylation is 1. The highest BCUT2D eigenvalue weighted by Crippen LogP contribution is 2.29. The van der Waals surface area contributed by atoms with Crippen molar-refractivity contribution in [2.45, 2.75) is 6.92 Å². The quantitative estimate of drug-likeness (QED) is 0.534. The zero-order chi connectivity index (χ0) is 18.8. The molecule has 1 heterocycles. The summed E-state index contributed by atoms with van der Waals surface area (Å²) >= 11 is 0. The van der Waals surface area contributed by atoms with Crippen molar-refractivity contribution in [2.24, 2.45) is 0 Å². The van der Waals surface area contributed by atoms with Crippen LogP contribution in [0.3, 0.4) is 0 Å². The summed E-state index contributed by atoms with van der Waals surface area (Å²) in [5, 5.41) is 20.4. The molecule has 0 spiro atoms. The lowest BCUT2D eigenvalue weighted by molar-refractivity contribution is -0.385. The maximum Gasteiger partial charge on any atom is 0.354 e. The maximum atomic E-state index is 11.6. The fraction of sp³-hybridized carbons (Fsp3) is 0.111. The van der Waals surface area contributed by atoms with Gasteiger partial charge in [0.15, 0.2) is 5.69 Å². The minimum absolute atomic E-state index is 0.00542. The topological polar surface area (TPSA) is 118 Å². The van der Waals surface area contributed by atoms with Gasteiger partial charge in [-0.2, -0.15) is 0 Å². The SMILES string of the molecule is COc1ccc(-c2nc(-c3ccc([N+](=O)[O-])c(C)c3)[nH]c2C(=O)O)cc1. The van der Waals surface area contributed by atoms with Crippen molar-refractivity contribution in [3.05, 3.63) is 63.8 Å². The van der Waals surface area contributed by atoms with Crippen LogP contribution in [0.2, 0.25) is 0 Å². The number of carboxylic acid groups (broad SMARTS) is 1. The molecule has 8 nitrogen and oxygen atoms in total. The molecule has 0 aliphatic heterocycles. The van der Waals surface area contributed by atoms with Crippen LogP contribution in [0.4, 0.5) is 5.69 Å². The van der Waals surface area contributed by atoms with Gasteiger partial charge in [0.05, 0.1) is 12.0 Å². The molecule has 0 aliphatic rings. The van der Waals surface area contributed by atoms with Crippen LogP contribution in [0.15, 0.2) is 42.5 Å². The molecule has 0 unspecified atom stereocenters. The molecule has 2 N–H and O–H groups in total. The number of methoxy groups -OCH3 is 1. The zero-order valence-electron chi connectivity index (χ0n) is 14.0. The first-order valence-corrected chi connectivity index (χ1v) is 7.64. The number of nitrogens with zero attached hydrogens (tertiary/aromatic N) is 2. The molecule has 0 amide bonds. The van der Waals surface area contributed by atoms with Gasteiger partial charge in [-0.25, -0.2) is 9.78 Å². The molecule has 0 atom stereocenters. The van der Waals surface area contributed by atoms with Gasteiger partial charge in [-0.1, -0.05) is 0 Å². The normalized spacial score (nSPS) is 10.5. The van der Waals surface area contributed by atoms with Crippen molar-refractivity contribution in [2.75, 3.05) is 7.11 Å². The molecule has 8 heteroatoms. The number of benzene rings is 2. The van der Waals surface area contributed by atoms with Crippen molar-refractivity contribution in [3.63, 3.8) is 0 Å². The lowest BCUT2D eigenvalue weighted by atomic mass is 10.1. The smallest absolute Gasteiger partial charge is 0.354 e. The maximum absolute atomic E-state index is 11.6. The number of carboxylic acids is 1. The Hall–Kier alpha value is -3.68. The summed E-state index contributed by atoms with van der Waals surface area (Å²) < 4.78 is 5.10. The van der Waals surface area contributed by atoms with E-state index in [9.17, 15) is 20.0 Å². The Morgan fingerprint density at radius 1 is 1.19 bits per heavy atom. The number of carbonyl (C=O) groups is 1. The number of nitrogens with one attached hydrogen (secondary N) is 1. The molecular formula is C18H15N3O5. The summed E-state index contributed by atoms with van der Waals surface area (Å²) in [4.78, 5) is 29.3. The number of aromatic amines is 1. The number of aromatic nitrogens is 2. The van der Waals surface area contributed by atoms with Gasteiger partial charge in [0.25, 0.3) is 5.69 Å². The first kappa shape index (κ1) is 17.2. The van der Waals surface area contributed by atoms with Crippen molar-refractivity contribution in [1.29, 1.82) is 0 Å². The predicted octanol–water partition coefficient (Wildman–Crippen LogP) is 3.67. The van der Waals surface area contributed by atoms with E-state index in [1.165, 1.54) is 12.1 Å². The molecule has 3 rings (SSSR count). The summed E-state index contributed by atoms with van der Waals surface area (Å²) in [6.07, 6.45) is 0. The molecule has 1 aromatic heterocycles. The van der Waals surface area contributed by atoms with Gasteiger partial charge >= 0.3 is 5.97 Å². The second kappa shape index (κ2) is 6.67. The van der Waals surface area contributed by atoms with Gasteiger partial charge in [0, 0.05) is 22.8 Å². The van der Waals surface area contributed by atoms with Crippen LogP contribution in [0, 0.1) is 17.0 Å². The number of hydrogen-bond acceptors (Lipinski definition) is 5. The minimum atomic E-state index is -1.15. The molecule has 0 radical (unpaired) electrons. The molecule has 0 saturated carbocycles. The van der Waals surface area contributed by atoms with Gasteiger partial charge in [-0.3, -0.25) is 10.1 Å². The van der Waals surface area contributed by atoms with E-state index in [0.717, 1.165) is 0 Å². The van der Waals surface area contributed by atoms with Crippen LogP contribution < -0.4 is 4.74 Å². The Bertz CT molecular complexity index is 993. The number of nitro groups is 1. The third-order valence-electron chi connectivity index (χ3n) is 3.95. The first-order chi connectivity index (χ1) is 12.4. The third kappa shape index (κ3) is 3.12. The van der Waals surface area contributed by atoms with Gasteiger partial charge in [-0.15, -0.1) is 0 Å². The monoisotopic (exact) mass is 353 g/mol. The fourth-order valence-electron chi connectivity index (χ4n) is 2.63. The van der Waals surface area contributed by atoms with E-state index in [2.05, 4.69) is 9.97 Å². The Morgan fingerprint density at radius 3 is 2.38 bits per heavy atom. The number of imidazole rings is 1. The van der Waals surface area contributed by atoms with Crippen molar-refractivity contribution in [1.82, 2.24) is 9.97 Å². The van der Waals surface area contributed by atoms with E-state index in [4.69, 9.17) is 4.74 Å². The highest BCUT2D eigenvalue weighted by Gasteiger charge is 2.20. The molecule has 26 heavy (non-hydrogen) atoms. The molecule has 0 saturated heterocycles. The second-order valence-corrected chi connectivity index (χ2v) is 5.60. The summed E-state index contributed by atoms with van der Waals surface area (Å²) in [5.41, 5.74) is 1.87. The molecule has 0 bridgehead atoms. The lowest BCUT2D eigenvalue weighted by Gasteiger charge is -2.02. The van der Waals surface area contributed by atoms with Gasteiger partial charge in [-0.05, 0) is 43.3 Å². The summed E-state index contributed by atoms with van der Waals surface area (Å²) in [5.74, 6) is -0.174. The van der Waals surface area contributed by atoms with Crippen LogP contribution in [0.5, 0.6) is 5.75 Å².